The number of aliphatic carboxylic acids is 1. The normalized spacial score (nSPS) is 20.6. The number of carboxylic acid groups (broad SMARTS) is 1. The molecular weight excluding hydrogens is 346 g/mol. The topological polar surface area (TPSA) is 125 Å². The average Bonchev–Trinajstić information content (AvgIpc) is 2.60. The van der Waals surface area contributed by atoms with Gasteiger partial charge in [0.05, 0.1) is 10.8 Å². The minimum absolute atomic E-state index is 0.0448. The highest BCUT2D eigenvalue weighted by molar-refractivity contribution is 7.89. The van der Waals surface area contributed by atoms with Gasteiger partial charge in [0, 0.05) is 19.1 Å². The Kier molecular flexibility index (Phi) is 6.77. The molecule has 2 rings (SSSR count). The van der Waals surface area contributed by atoms with Crippen molar-refractivity contribution < 1.29 is 23.1 Å². The number of carbonyl (C=O) groups excluding carboxylic acids is 1. The van der Waals surface area contributed by atoms with Gasteiger partial charge in [-0.15, -0.1) is 0 Å². The molecule has 1 aromatic carbocycles. The van der Waals surface area contributed by atoms with Crippen molar-refractivity contribution in [2.75, 3.05) is 13.1 Å². The van der Waals surface area contributed by atoms with E-state index in [-0.39, 0.29) is 36.0 Å². The van der Waals surface area contributed by atoms with Crippen LogP contribution in [0.15, 0.2) is 35.2 Å². The zero-order valence-corrected chi connectivity index (χ0v) is 14.6. The lowest BCUT2D eigenvalue weighted by atomic mass is 9.86. The number of urea groups is 1. The van der Waals surface area contributed by atoms with Crippen LogP contribution in [0.25, 0.3) is 0 Å². The number of sulfonamides is 1. The van der Waals surface area contributed by atoms with Gasteiger partial charge in [0.15, 0.2) is 0 Å². The number of hydrogen-bond acceptors (Lipinski definition) is 4. The second-order valence-corrected chi connectivity index (χ2v) is 7.76. The fraction of sp³-hybridized carbons (Fsp3) is 0.500. The molecule has 0 bridgehead atoms. The van der Waals surface area contributed by atoms with E-state index < -0.39 is 16.0 Å². The molecule has 1 aliphatic rings. The van der Waals surface area contributed by atoms with Crippen LogP contribution in [0, 0.1) is 5.92 Å². The Labute approximate surface area is 147 Å². The number of carbonyl (C=O) groups is 2. The summed E-state index contributed by atoms with van der Waals surface area (Å²) in [6.07, 6.45) is 2.37. The zero-order valence-electron chi connectivity index (χ0n) is 13.8. The monoisotopic (exact) mass is 369 g/mol. The van der Waals surface area contributed by atoms with Crippen LogP contribution in [0.5, 0.6) is 0 Å². The van der Waals surface area contributed by atoms with Crippen LogP contribution in [0.2, 0.25) is 0 Å². The van der Waals surface area contributed by atoms with E-state index in [1.165, 1.54) is 12.1 Å². The lowest BCUT2D eigenvalue weighted by molar-refractivity contribution is -0.142. The molecule has 0 saturated heterocycles. The molecule has 2 amide bonds. The molecular formula is C16H23N3O5S. The SMILES string of the molecule is O=C(NCCNS(=O)(=O)c1ccccc1)NC1CCC(C(=O)O)CC1. The zero-order chi connectivity index (χ0) is 18.3. The van der Waals surface area contributed by atoms with Gasteiger partial charge >= 0.3 is 12.0 Å². The highest BCUT2D eigenvalue weighted by atomic mass is 32.2. The molecule has 1 aromatic rings. The molecule has 4 N–H and O–H groups in total. The van der Waals surface area contributed by atoms with Crippen LogP contribution < -0.4 is 15.4 Å². The Hall–Kier alpha value is -2.13. The highest BCUT2D eigenvalue weighted by Crippen LogP contribution is 2.24. The Morgan fingerprint density at radius 2 is 1.68 bits per heavy atom. The van der Waals surface area contributed by atoms with E-state index in [4.69, 9.17) is 5.11 Å². The summed E-state index contributed by atoms with van der Waals surface area (Å²) in [5, 5.41) is 14.3. The summed E-state index contributed by atoms with van der Waals surface area (Å²) in [5.74, 6) is -1.11. The maximum atomic E-state index is 12.0. The van der Waals surface area contributed by atoms with Crippen molar-refractivity contribution in [3.63, 3.8) is 0 Å². The predicted molar refractivity (Wildman–Crippen MR) is 91.5 cm³/mol. The van der Waals surface area contributed by atoms with Gasteiger partial charge in [-0.1, -0.05) is 18.2 Å². The first kappa shape index (κ1) is 19.2. The lowest BCUT2D eigenvalue weighted by Crippen LogP contribution is -2.46. The van der Waals surface area contributed by atoms with Crippen LogP contribution >= 0.6 is 0 Å². The Balaban J connectivity index is 1.65. The van der Waals surface area contributed by atoms with Crippen LogP contribution in [0.3, 0.4) is 0 Å². The van der Waals surface area contributed by atoms with E-state index >= 15 is 0 Å². The van der Waals surface area contributed by atoms with Crippen molar-refractivity contribution in [1.29, 1.82) is 0 Å². The third-order valence-electron chi connectivity index (χ3n) is 4.17. The van der Waals surface area contributed by atoms with Crippen molar-refractivity contribution in [3.8, 4) is 0 Å². The molecule has 1 aliphatic carbocycles. The Morgan fingerprint density at radius 3 is 2.28 bits per heavy atom. The van der Waals surface area contributed by atoms with Crippen molar-refractivity contribution in [2.45, 2.75) is 36.6 Å². The summed E-state index contributed by atoms with van der Waals surface area (Å²) in [6.45, 7) is 0.235. The van der Waals surface area contributed by atoms with Gasteiger partial charge in [0.25, 0.3) is 0 Å². The minimum atomic E-state index is -3.58. The largest absolute Gasteiger partial charge is 0.481 e. The number of hydrogen-bond donors (Lipinski definition) is 4. The summed E-state index contributed by atoms with van der Waals surface area (Å²) >= 11 is 0. The van der Waals surface area contributed by atoms with Crippen LogP contribution in [-0.4, -0.2) is 44.7 Å². The van der Waals surface area contributed by atoms with Crippen molar-refractivity contribution in [1.82, 2.24) is 15.4 Å². The smallest absolute Gasteiger partial charge is 0.315 e. The summed E-state index contributed by atoms with van der Waals surface area (Å²) in [6, 6.07) is 7.58. The van der Waals surface area contributed by atoms with Gasteiger partial charge in [-0.05, 0) is 37.8 Å². The molecule has 8 nitrogen and oxygen atoms in total. The van der Waals surface area contributed by atoms with Gasteiger partial charge in [-0.25, -0.2) is 17.9 Å². The van der Waals surface area contributed by atoms with Crippen molar-refractivity contribution in [3.05, 3.63) is 30.3 Å². The maximum absolute atomic E-state index is 12.0. The summed E-state index contributed by atoms with van der Waals surface area (Å²) in [4.78, 5) is 22.9. The molecule has 9 heteroatoms. The molecule has 1 fully saturated rings. The molecule has 0 heterocycles. The van der Waals surface area contributed by atoms with Crippen LogP contribution in [0.1, 0.15) is 25.7 Å². The van der Waals surface area contributed by atoms with Crippen LogP contribution in [0.4, 0.5) is 4.79 Å². The number of benzene rings is 1. The van der Waals surface area contributed by atoms with Gasteiger partial charge in [-0.3, -0.25) is 4.79 Å². The predicted octanol–water partition coefficient (Wildman–Crippen LogP) is 0.907. The van der Waals surface area contributed by atoms with E-state index in [1.807, 2.05) is 0 Å². The average molecular weight is 369 g/mol. The van der Waals surface area contributed by atoms with E-state index in [0.29, 0.717) is 25.7 Å². The fourth-order valence-corrected chi connectivity index (χ4v) is 3.82. The fourth-order valence-electron chi connectivity index (χ4n) is 2.77. The second kappa shape index (κ2) is 8.82. The van der Waals surface area contributed by atoms with E-state index in [0.717, 1.165) is 0 Å². The van der Waals surface area contributed by atoms with Gasteiger partial charge in [0.1, 0.15) is 0 Å². The molecule has 25 heavy (non-hydrogen) atoms. The van der Waals surface area contributed by atoms with Gasteiger partial charge in [0.2, 0.25) is 10.0 Å². The van der Waals surface area contributed by atoms with Crippen molar-refractivity contribution in [2.24, 2.45) is 5.92 Å². The molecule has 0 unspecified atom stereocenters. The number of nitrogens with one attached hydrogen (secondary N) is 3. The number of carboxylic acids is 1. The first-order chi connectivity index (χ1) is 11.9. The molecule has 1 saturated carbocycles. The standard InChI is InChI=1S/C16H23N3O5S/c20-15(21)12-6-8-13(9-7-12)19-16(22)17-10-11-18-25(23,24)14-4-2-1-3-5-14/h1-5,12-13,18H,6-11H2,(H,20,21)(H2,17,19,22). The number of amides is 2. The number of rotatable bonds is 7. The minimum Gasteiger partial charge on any atom is -0.481 e. The second-order valence-electron chi connectivity index (χ2n) is 6.00. The first-order valence-electron chi connectivity index (χ1n) is 8.20. The Bertz CT molecular complexity index is 685. The molecule has 0 spiro atoms. The molecule has 138 valence electrons. The summed E-state index contributed by atoms with van der Waals surface area (Å²) in [7, 11) is -3.58. The first-order valence-corrected chi connectivity index (χ1v) is 9.68. The van der Waals surface area contributed by atoms with E-state index in [1.54, 1.807) is 18.2 Å². The quantitative estimate of drug-likeness (QED) is 0.532. The third-order valence-corrected chi connectivity index (χ3v) is 5.64. The van der Waals surface area contributed by atoms with E-state index in [9.17, 15) is 18.0 Å². The summed E-state index contributed by atoms with van der Waals surface area (Å²) in [5.41, 5.74) is 0. The third kappa shape index (κ3) is 6.02. The van der Waals surface area contributed by atoms with Gasteiger partial charge in [-0.2, -0.15) is 0 Å². The molecule has 0 atom stereocenters. The molecule has 0 aliphatic heterocycles. The highest BCUT2D eigenvalue weighted by Gasteiger charge is 2.26. The molecule has 0 radical (unpaired) electrons. The summed E-state index contributed by atoms with van der Waals surface area (Å²) < 4.78 is 26.4. The van der Waals surface area contributed by atoms with Crippen molar-refractivity contribution >= 4 is 22.0 Å². The van der Waals surface area contributed by atoms with E-state index in [2.05, 4.69) is 15.4 Å². The van der Waals surface area contributed by atoms with Gasteiger partial charge < -0.3 is 15.7 Å². The lowest BCUT2D eigenvalue weighted by Gasteiger charge is -2.26. The maximum Gasteiger partial charge on any atom is 0.315 e. The Morgan fingerprint density at radius 1 is 1.04 bits per heavy atom. The molecule has 0 aromatic heterocycles. The van der Waals surface area contributed by atoms with Crippen LogP contribution in [-0.2, 0) is 14.8 Å².